The summed E-state index contributed by atoms with van der Waals surface area (Å²) in [5.41, 5.74) is 2.62. The Balaban J connectivity index is 1.33. The van der Waals surface area contributed by atoms with E-state index in [4.69, 9.17) is 9.72 Å². The van der Waals surface area contributed by atoms with Gasteiger partial charge in [-0.15, -0.1) is 0 Å². The number of carbonyl (C=O) groups is 2. The zero-order valence-corrected chi connectivity index (χ0v) is 20.7. The normalized spacial score (nSPS) is 16.5. The Morgan fingerprint density at radius 3 is 2.57 bits per heavy atom. The van der Waals surface area contributed by atoms with Crippen LogP contribution >= 0.6 is 0 Å². The lowest BCUT2D eigenvalue weighted by Crippen LogP contribution is -2.40. The molecule has 0 spiro atoms. The highest BCUT2D eigenvalue weighted by Crippen LogP contribution is 2.42. The van der Waals surface area contributed by atoms with Crippen molar-refractivity contribution < 1.29 is 14.3 Å². The van der Waals surface area contributed by atoms with Gasteiger partial charge >= 0.3 is 0 Å². The topological polar surface area (TPSA) is 108 Å². The largest absolute Gasteiger partial charge is 0.378 e. The minimum atomic E-state index is 0.0247. The molecular formula is C26H36N6O3. The average Bonchev–Trinajstić information content (AvgIpc) is 3.74. The number of ether oxygens (including phenoxy) is 1. The lowest BCUT2D eigenvalue weighted by molar-refractivity contribution is -0.124. The van der Waals surface area contributed by atoms with E-state index in [9.17, 15) is 9.59 Å². The van der Waals surface area contributed by atoms with Crippen LogP contribution in [0.15, 0.2) is 30.5 Å². The summed E-state index contributed by atoms with van der Waals surface area (Å²) in [5.74, 6) is 2.05. The smallest absolute Gasteiger partial charge is 0.254 e. The summed E-state index contributed by atoms with van der Waals surface area (Å²) in [4.78, 5) is 35.6. The van der Waals surface area contributed by atoms with Crippen molar-refractivity contribution >= 4 is 29.3 Å². The van der Waals surface area contributed by atoms with E-state index in [-0.39, 0.29) is 17.7 Å². The molecule has 1 aromatic carbocycles. The van der Waals surface area contributed by atoms with Crippen LogP contribution in [0.2, 0.25) is 0 Å². The molecule has 2 aliphatic rings. The fraction of sp³-hybridized carbons (Fsp3) is 0.538. The van der Waals surface area contributed by atoms with Crippen molar-refractivity contribution in [1.82, 2.24) is 20.2 Å². The summed E-state index contributed by atoms with van der Waals surface area (Å²) in [6.45, 7) is 7.74. The van der Waals surface area contributed by atoms with Gasteiger partial charge in [0.2, 0.25) is 11.9 Å². The van der Waals surface area contributed by atoms with Crippen molar-refractivity contribution in [1.29, 1.82) is 0 Å². The van der Waals surface area contributed by atoms with Gasteiger partial charge in [0.25, 0.3) is 5.91 Å². The Hall–Kier alpha value is -3.20. The fourth-order valence-corrected chi connectivity index (χ4v) is 3.93. The molecule has 0 bridgehead atoms. The molecule has 2 heterocycles. The molecule has 1 aliphatic carbocycles. The van der Waals surface area contributed by atoms with E-state index in [1.165, 1.54) is 0 Å². The van der Waals surface area contributed by atoms with Crippen LogP contribution in [0.4, 0.5) is 17.5 Å². The molecule has 1 atom stereocenters. The third-order valence-electron chi connectivity index (χ3n) is 6.53. The summed E-state index contributed by atoms with van der Waals surface area (Å²) in [6, 6.07) is 7.40. The number of hydrogen-bond donors (Lipinski definition) is 3. The Morgan fingerprint density at radius 2 is 1.89 bits per heavy atom. The molecular weight excluding hydrogens is 444 g/mol. The lowest BCUT2D eigenvalue weighted by atomic mass is 10.1. The number of anilines is 3. The van der Waals surface area contributed by atoms with E-state index in [1.54, 1.807) is 0 Å². The molecule has 4 rings (SSSR count). The quantitative estimate of drug-likeness (QED) is 0.422. The fourth-order valence-electron chi connectivity index (χ4n) is 3.93. The summed E-state index contributed by atoms with van der Waals surface area (Å²) in [6.07, 6.45) is 5.88. The van der Waals surface area contributed by atoms with Gasteiger partial charge in [-0.25, -0.2) is 4.98 Å². The van der Waals surface area contributed by atoms with Crippen molar-refractivity contribution in [2.75, 3.05) is 50.0 Å². The van der Waals surface area contributed by atoms with Gasteiger partial charge in [-0.3, -0.25) is 9.59 Å². The average molecular weight is 481 g/mol. The molecule has 1 saturated heterocycles. The molecule has 1 aliphatic heterocycles. The number of aromatic nitrogens is 2. The Bertz CT molecular complexity index is 1000. The summed E-state index contributed by atoms with van der Waals surface area (Å²) in [7, 11) is 0. The second kappa shape index (κ2) is 12.0. The van der Waals surface area contributed by atoms with Crippen molar-refractivity contribution in [3.05, 3.63) is 41.6 Å². The van der Waals surface area contributed by atoms with Crippen molar-refractivity contribution in [3.8, 4) is 0 Å². The van der Waals surface area contributed by atoms with Gasteiger partial charge in [0.05, 0.1) is 13.2 Å². The highest BCUT2D eigenvalue weighted by atomic mass is 16.5. The maximum absolute atomic E-state index is 12.6. The first-order valence-electron chi connectivity index (χ1n) is 12.7. The van der Waals surface area contributed by atoms with Crippen LogP contribution in [0.25, 0.3) is 0 Å². The lowest BCUT2D eigenvalue weighted by Gasteiger charge is -2.26. The molecule has 3 N–H and O–H groups in total. The van der Waals surface area contributed by atoms with Crippen molar-refractivity contribution in [2.24, 2.45) is 5.92 Å². The summed E-state index contributed by atoms with van der Waals surface area (Å²) >= 11 is 0. The van der Waals surface area contributed by atoms with E-state index >= 15 is 0 Å². The van der Waals surface area contributed by atoms with Crippen LogP contribution in [0.3, 0.4) is 0 Å². The Kier molecular flexibility index (Phi) is 8.52. The number of morpholine rings is 1. The second-order valence-corrected chi connectivity index (χ2v) is 9.26. The second-order valence-electron chi connectivity index (χ2n) is 9.26. The van der Waals surface area contributed by atoms with Gasteiger partial charge in [0.1, 0.15) is 5.82 Å². The predicted octanol–water partition coefficient (Wildman–Crippen LogP) is 3.53. The number of nitrogens with zero attached hydrogens (tertiary/aromatic N) is 3. The van der Waals surface area contributed by atoms with E-state index in [0.717, 1.165) is 49.3 Å². The number of carbonyl (C=O) groups excluding carboxylic acids is 2. The van der Waals surface area contributed by atoms with Crippen LogP contribution in [0.1, 0.15) is 61.4 Å². The zero-order valence-electron chi connectivity index (χ0n) is 20.7. The third kappa shape index (κ3) is 6.91. The molecule has 2 amide bonds. The standard InChI is InChI=1S/C26H36N6O3/c1-3-18(2)24(33)28-12-4-11-27-23-22(19-5-6-19)17-29-26(31-23)30-21-9-7-20(8-10-21)25(34)32-13-15-35-16-14-32/h7-10,17-19H,3-6,11-16H2,1-2H3,(H,28,33)(H2,27,29,30,31). The number of nitrogens with one attached hydrogen (secondary N) is 3. The van der Waals surface area contributed by atoms with E-state index in [1.807, 2.05) is 49.2 Å². The SMILES string of the molecule is CCC(C)C(=O)NCCCNc1nc(Nc2ccc(C(=O)N3CCOCC3)cc2)ncc1C1CC1. The molecule has 2 aromatic rings. The minimum Gasteiger partial charge on any atom is -0.378 e. The number of rotatable bonds is 11. The number of benzene rings is 1. The molecule has 35 heavy (non-hydrogen) atoms. The molecule has 2 fully saturated rings. The molecule has 1 unspecified atom stereocenters. The molecule has 1 saturated carbocycles. The molecule has 9 nitrogen and oxygen atoms in total. The molecule has 188 valence electrons. The van der Waals surface area contributed by atoms with E-state index in [2.05, 4.69) is 20.9 Å². The summed E-state index contributed by atoms with van der Waals surface area (Å²) in [5, 5.41) is 9.67. The van der Waals surface area contributed by atoms with Crippen molar-refractivity contribution in [3.63, 3.8) is 0 Å². The first-order valence-corrected chi connectivity index (χ1v) is 12.7. The van der Waals surface area contributed by atoms with E-state index in [0.29, 0.717) is 50.3 Å². The first-order chi connectivity index (χ1) is 17.0. The van der Waals surface area contributed by atoms with Gasteiger partial charge < -0.3 is 25.6 Å². The van der Waals surface area contributed by atoms with Gasteiger partial charge in [0.15, 0.2) is 0 Å². The van der Waals surface area contributed by atoms with Crippen LogP contribution in [0.5, 0.6) is 0 Å². The summed E-state index contributed by atoms with van der Waals surface area (Å²) < 4.78 is 5.33. The van der Waals surface area contributed by atoms with Gasteiger partial charge in [0, 0.05) is 55.1 Å². The zero-order chi connectivity index (χ0) is 24.6. The highest BCUT2D eigenvalue weighted by Gasteiger charge is 2.27. The van der Waals surface area contributed by atoms with Gasteiger partial charge in [-0.1, -0.05) is 13.8 Å². The van der Waals surface area contributed by atoms with Gasteiger partial charge in [-0.05, 0) is 55.9 Å². The monoisotopic (exact) mass is 480 g/mol. The maximum Gasteiger partial charge on any atom is 0.254 e. The third-order valence-corrected chi connectivity index (χ3v) is 6.53. The van der Waals surface area contributed by atoms with Crippen LogP contribution in [-0.4, -0.2) is 66.1 Å². The Labute approximate surface area is 207 Å². The van der Waals surface area contributed by atoms with Gasteiger partial charge in [-0.2, -0.15) is 4.98 Å². The maximum atomic E-state index is 12.6. The Morgan fingerprint density at radius 1 is 1.14 bits per heavy atom. The molecule has 0 radical (unpaired) electrons. The van der Waals surface area contributed by atoms with Crippen LogP contribution in [0, 0.1) is 5.92 Å². The molecule has 9 heteroatoms. The first kappa shape index (κ1) is 24.9. The number of hydrogen-bond acceptors (Lipinski definition) is 7. The van der Waals surface area contributed by atoms with Crippen molar-refractivity contribution in [2.45, 2.75) is 45.4 Å². The highest BCUT2D eigenvalue weighted by molar-refractivity contribution is 5.94. The minimum absolute atomic E-state index is 0.0247. The van der Waals surface area contributed by atoms with E-state index < -0.39 is 0 Å². The molecule has 1 aromatic heterocycles. The number of amides is 2. The van der Waals surface area contributed by atoms with Crippen LogP contribution in [-0.2, 0) is 9.53 Å². The predicted molar refractivity (Wildman–Crippen MR) is 136 cm³/mol. The van der Waals surface area contributed by atoms with Crippen LogP contribution < -0.4 is 16.0 Å².